The predicted octanol–water partition coefficient (Wildman–Crippen LogP) is 0.654. The fourth-order valence-electron chi connectivity index (χ4n) is 2.07. The van der Waals surface area contributed by atoms with Gasteiger partial charge in [0.1, 0.15) is 5.69 Å². The van der Waals surface area contributed by atoms with Gasteiger partial charge < -0.3 is 5.11 Å². The van der Waals surface area contributed by atoms with Crippen LogP contribution in [0.3, 0.4) is 0 Å². The van der Waals surface area contributed by atoms with Crippen LogP contribution < -0.4 is 5.56 Å². The van der Waals surface area contributed by atoms with Crippen LogP contribution in [-0.2, 0) is 5.72 Å². The maximum absolute atomic E-state index is 11.5. The lowest BCUT2D eigenvalue weighted by Crippen LogP contribution is -2.37. The summed E-state index contributed by atoms with van der Waals surface area (Å²) in [4.78, 5) is 25.5. The molecule has 0 bridgehead atoms. The zero-order valence-electron chi connectivity index (χ0n) is 10.9. The van der Waals surface area contributed by atoms with Crippen LogP contribution in [0.5, 0.6) is 0 Å². The van der Waals surface area contributed by atoms with Gasteiger partial charge in [-0.2, -0.15) is 10.1 Å². The topological polar surface area (TPSA) is 111 Å². The number of non-ortho nitro benzene ring substituents is 1. The molecule has 0 saturated carbocycles. The van der Waals surface area contributed by atoms with E-state index in [4.69, 9.17) is 0 Å². The third kappa shape index (κ3) is 2.10. The van der Waals surface area contributed by atoms with Crippen molar-refractivity contribution < 1.29 is 10.0 Å². The highest BCUT2D eigenvalue weighted by atomic mass is 32.2. The quantitative estimate of drug-likeness (QED) is 0.640. The van der Waals surface area contributed by atoms with Crippen LogP contribution in [0.4, 0.5) is 5.69 Å². The first-order chi connectivity index (χ1) is 9.91. The molecule has 1 aliphatic heterocycles. The van der Waals surface area contributed by atoms with Gasteiger partial charge in [0.05, 0.1) is 10.7 Å². The van der Waals surface area contributed by atoms with E-state index < -0.39 is 16.2 Å². The molecule has 0 fully saturated rings. The zero-order chi connectivity index (χ0) is 15.2. The van der Waals surface area contributed by atoms with E-state index in [1.807, 2.05) is 0 Å². The van der Waals surface area contributed by atoms with Gasteiger partial charge in [0.15, 0.2) is 10.9 Å². The summed E-state index contributed by atoms with van der Waals surface area (Å²) < 4.78 is 1.29. The molecule has 2 aromatic rings. The van der Waals surface area contributed by atoms with Crippen molar-refractivity contribution in [3.05, 3.63) is 56.0 Å². The molecular weight excluding hydrogens is 296 g/mol. The average molecular weight is 306 g/mol. The molecule has 0 amide bonds. The van der Waals surface area contributed by atoms with Gasteiger partial charge in [0.25, 0.3) is 11.2 Å². The van der Waals surface area contributed by atoms with E-state index in [9.17, 15) is 20.0 Å². The highest BCUT2D eigenvalue weighted by Crippen LogP contribution is 2.38. The molecule has 1 unspecified atom stereocenters. The van der Waals surface area contributed by atoms with Gasteiger partial charge >= 0.3 is 0 Å². The first kappa shape index (κ1) is 13.7. The highest BCUT2D eigenvalue weighted by molar-refractivity contribution is 7.99. The Bertz CT molecular complexity index is 789. The van der Waals surface area contributed by atoms with Crippen molar-refractivity contribution in [1.29, 1.82) is 0 Å². The van der Waals surface area contributed by atoms with E-state index in [2.05, 4.69) is 10.1 Å². The van der Waals surface area contributed by atoms with Crippen LogP contribution in [0.25, 0.3) is 0 Å². The van der Waals surface area contributed by atoms with Gasteiger partial charge in [-0.05, 0) is 19.1 Å². The number of thioether (sulfide) groups is 1. The molecule has 1 atom stereocenters. The second kappa shape index (κ2) is 4.64. The van der Waals surface area contributed by atoms with E-state index in [-0.39, 0.29) is 17.1 Å². The van der Waals surface area contributed by atoms with Crippen LogP contribution in [0.15, 0.2) is 34.2 Å². The van der Waals surface area contributed by atoms with Crippen molar-refractivity contribution in [3.8, 4) is 0 Å². The molecule has 0 radical (unpaired) electrons. The SMILES string of the molecule is Cc1nn2c(nc1=O)SCC2(O)c1ccc([N+](=O)[O-])cc1. The number of rotatable bonds is 2. The maximum atomic E-state index is 11.5. The Morgan fingerprint density at radius 2 is 2.10 bits per heavy atom. The Hall–Kier alpha value is -2.26. The van der Waals surface area contributed by atoms with Gasteiger partial charge in [-0.1, -0.05) is 11.8 Å². The number of aryl methyl sites for hydroxylation is 1. The lowest BCUT2D eigenvalue weighted by molar-refractivity contribution is -0.384. The van der Waals surface area contributed by atoms with Gasteiger partial charge in [0.2, 0.25) is 0 Å². The van der Waals surface area contributed by atoms with Crippen molar-refractivity contribution in [3.63, 3.8) is 0 Å². The minimum atomic E-state index is -1.47. The number of nitro benzene ring substituents is 1. The van der Waals surface area contributed by atoms with Crippen molar-refractivity contribution in [2.45, 2.75) is 17.8 Å². The minimum absolute atomic E-state index is 0.0598. The van der Waals surface area contributed by atoms with Crippen LogP contribution in [0, 0.1) is 17.0 Å². The molecule has 108 valence electrons. The van der Waals surface area contributed by atoms with E-state index in [0.29, 0.717) is 10.7 Å². The van der Waals surface area contributed by atoms with E-state index in [0.717, 1.165) is 0 Å². The number of aromatic nitrogens is 3. The molecule has 8 nitrogen and oxygen atoms in total. The Labute approximate surface area is 122 Å². The fourth-order valence-corrected chi connectivity index (χ4v) is 3.15. The molecule has 1 N–H and O–H groups in total. The maximum Gasteiger partial charge on any atom is 0.295 e. The molecule has 1 aromatic carbocycles. The van der Waals surface area contributed by atoms with E-state index in [1.165, 1.54) is 47.6 Å². The normalized spacial score (nSPS) is 20.3. The molecule has 0 aliphatic carbocycles. The first-order valence-corrected chi connectivity index (χ1v) is 6.99. The summed E-state index contributed by atoms with van der Waals surface area (Å²) in [6.07, 6.45) is 0. The van der Waals surface area contributed by atoms with Crippen molar-refractivity contribution in [2.24, 2.45) is 0 Å². The van der Waals surface area contributed by atoms with Crippen LogP contribution in [-0.4, -0.2) is 30.5 Å². The summed E-state index contributed by atoms with van der Waals surface area (Å²) in [5, 5.41) is 25.9. The smallest absolute Gasteiger partial charge is 0.295 e. The number of nitro groups is 1. The van der Waals surface area contributed by atoms with E-state index in [1.54, 1.807) is 0 Å². The zero-order valence-corrected chi connectivity index (χ0v) is 11.7. The third-order valence-electron chi connectivity index (χ3n) is 3.23. The summed E-state index contributed by atoms with van der Waals surface area (Å²) in [6.45, 7) is 1.52. The number of fused-ring (bicyclic) bond motifs is 1. The highest BCUT2D eigenvalue weighted by Gasteiger charge is 2.41. The van der Waals surface area contributed by atoms with Crippen LogP contribution >= 0.6 is 11.8 Å². The molecular formula is C12H10N4O4S. The Kier molecular flexibility index (Phi) is 3.03. The van der Waals surface area contributed by atoms with E-state index >= 15 is 0 Å². The number of hydrogen-bond acceptors (Lipinski definition) is 7. The fraction of sp³-hybridized carbons (Fsp3) is 0.250. The van der Waals surface area contributed by atoms with Gasteiger partial charge in [-0.25, -0.2) is 4.68 Å². The Morgan fingerprint density at radius 1 is 1.43 bits per heavy atom. The Balaban J connectivity index is 2.10. The summed E-state index contributed by atoms with van der Waals surface area (Å²) in [5.74, 6) is 0.230. The van der Waals surface area contributed by atoms with Crippen LogP contribution in [0.2, 0.25) is 0 Å². The lowest BCUT2D eigenvalue weighted by atomic mass is 10.0. The summed E-state index contributed by atoms with van der Waals surface area (Å²) in [5.41, 5.74) is -1.32. The Morgan fingerprint density at radius 3 is 2.71 bits per heavy atom. The van der Waals surface area contributed by atoms with Crippen LogP contribution in [0.1, 0.15) is 11.3 Å². The number of hydrogen-bond donors (Lipinski definition) is 1. The summed E-state index contributed by atoms with van der Waals surface area (Å²) in [7, 11) is 0. The molecule has 21 heavy (non-hydrogen) atoms. The second-order valence-corrected chi connectivity index (χ2v) is 5.55. The van der Waals surface area contributed by atoms with Gasteiger partial charge in [-0.15, -0.1) is 0 Å². The summed E-state index contributed by atoms with van der Waals surface area (Å²) in [6, 6.07) is 5.59. The molecule has 3 rings (SSSR count). The van der Waals surface area contributed by atoms with Crippen molar-refractivity contribution >= 4 is 17.4 Å². The molecule has 9 heteroatoms. The first-order valence-electron chi connectivity index (χ1n) is 6.00. The number of nitrogens with zero attached hydrogens (tertiary/aromatic N) is 4. The monoisotopic (exact) mass is 306 g/mol. The minimum Gasteiger partial charge on any atom is -0.365 e. The van der Waals surface area contributed by atoms with Gasteiger partial charge in [0, 0.05) is 17.7 Å². The molecule has 0 saturated heterocycles. The average Bonchev–Trinajstić information content (AvgIpc) is 2.78. The molecule has 0 spiro atoms. The van der Waals surface area contributed by atoms with Crippen molar-refractivity contribution in [2.75, 3.05) is 5.75 Å². The standard InChI is InChI=1S/C12H10N4O4S/c1-7-10(17)13-11-15(14-7)12(18,6-21-11)8-2-4-9(5-3-8)16(19)20/h2-5,18H,6H2,1H3. The lowest BCUT2D eigenvalue weighted by Gasteiger charge is -2.24. The number of benzene rings is 1. The largest absolute Gasteiger partial charge is 0.365 e. The molecule has 1 aromatic heterocycles. The number of aliphatic hydroxyl groups is 1. The summed E-state index contributed by atoms with van der Waals surface area (Å²) >= 11 is 1.21. The van der Waals surface area contributed by atoms with Gasteiger partial charge in [-0.3, -0.25) is 14.9 Å². The van der Waals surface area contributed by atoms with Crippen molar-refractivity contribution in [1.82, 2.24) is 14.8 Å². The second-order valence-electron chi connectivity index (χ2n) is 4.61. The molecule has 1 aliphatic rings. The predicted molar refractivity (Wildman–Crippen MR) is 74.1 cm³/mol. The third-order valence-corrected chi connectivity index (χ3v) is 4.30. The molecule has 2 heterocycles.